The van der Waals surface area contributed by atoms with Crippen molar-refractivity contribution in [1.29, 1.82) is 0 Å². The molecule has 2 aromatic heterocycles. The first-order valence-electron chi connectivity index (χ1n) is 10.1. The largest absolute Gasteiger partial charge is 0.384 e. The lowest BCUT2D eigenvalue weighted by molar-refractivity contribution is -0.134. The maximum Gasteiger partial charge on any atom is 0.259 e. The first kappa shape index (κ1) is 18.6. The normalized spacial score (nSPS) is 20.7. The Labute approximate surface area is 173 Å². The van der Waals surface area contributed by atoms with Crippen LogP contribution in [0.2, 0.25) is 0 Å². The van der Waals surface area contributed by atoms with Crippen LogP contribution in [0.1, 0.15) is 24.5 Å². The summed E-state index contributed by atoms with van der Waals surface area (Å²) in [6, 6.07) is 14.4. The number of carbonyl (C=O) groups is 1. The summed E-state index contributed by atoms with van der Waals surface area (Å²) in [5.74, 6) is 0.723. The Kier molecular flexibility index (Phi) is 4.76. The van der Waals surface area contributed by atoms with Gasteiger partial charge in [-0.25, -0.2) is 0 Å². The molecule has 3 aromatic rings. The zero-order chi connectivity index (χ0) is 20.0. The molecule has 6 heteroatoms. The minimum atomic E-state index is 0.0999. The summed E-state index contributed by atoms with van der Waals surface area (Å²) >= 11 is 1.67. The molecule has 0 aliphatic carbocycles. The van der Waals surface area contributed by atoms with E-state index in [1.807, 2.05) is 27.7 Å². The number of amides is 1. The lowest BCUT2D eigenvalue weighted by atomic mass is 9.83. The highest BCUT2D eigenvalue weighted by atomic mass is 32.1. The summed E-state index contributed by atoms with van der Waals surface area (Å²) in [6.45, 7) is 2.58. The van der Waals surface area contributed by atoms with Crippen LogP contribution in [0.3, 0.4) is 0 Å². The number of hydrogen-bond acceptors (Lipinski definition) is 4. The first-order chi connectivity index (χ1) is 14.1. The van der Waals surface area contributed by atoms with Crippen molar-refractivity contribution < 1.29 is 9.53 Å². The quantitative estimate of drug-likeness (QED) is 0.661. The van der Waals surface area contributed by atoms with Gasteiger partial charge in [0.05, 0.1) is 18.6 Å². The Hall–Kier alpha value is -2.44. The van der Waals surface area contributed by atoms with Crippen LogP contribution >= 0.6 is 11.3 Å². The highest BCUT2D eigenvalue weighted by Crippen LogP contribution is 2.37. The molecule has 2 atom stereocenters. The van der Waals surface area contributed by atoms with Gasteiger partial charge in [-0.15, -0.1) is 11.3 Å². The molecular weight excluding hydrogens is 384 g/mol. The van der Waals surface area contributed by atoms with Crippen molar-refractivity contribution in [2.24, 2.45) is 5.92 Å². The van der Waals surface area contributed by atoms with E-state index in [1.165, 1.54) is 10.1 Å². The second kappa shape index (κ2) is 7.43. The van der Waals surface area contributed by atoms with Crippen molar-refractivity contribution in [3.63, 3.8) is 0 Å². The SMILES string of the molecule is COCCC(=O)N1C[C@@H]2C[C@H](C1)c1ccc(-c3cc4ccccc4s3)c(=O)n1C2. The van der Waals surface area contributed by atoms with E-state index in [9.17, 15) is 9.59 Å². The molecule has 2 aliphatic heterocycles. The van der Waals surface area contributed by atoms with Crippen LogP contribution < -0.4 is 5.56 Å². The number of methoxy groups -OCH3 is 1. The van der Waals surface area contributed by atoms with Gasteiger partial charge >= 0.3 is 0 Å². The molecule has 1 saturated heterocycles. The standard InChI is InChI=1S/C23H24N2O3S/c1-28-9-8-22(26)24-12-15-10-17(14-24)19-7-6-18(23(27)25(19)13-15)21-11-16-4-2-3-5-20(16)29-21/h2-7,11,15,17H,8-10,12-14H2,1H3/t15-,17+/m0/s1. The minimum absolute atomic E-state index is 0.0999. The van der Waals surface area contributed by atoms with E-state index in [-0.39, 0.29) is 17.4 Å². The molecule has 29 heavy (non-hydrogen) atoms. The molecular formula is C23H24N2O3S. The molecule has 150 valence electrons. The summed E-state index contributed by atoms with van der Waals surface area (Å²) in [5, 5.41) is 1.18. The number of hydrogen-bond donors (Lipinski definition) is 0. The van der Waals surface area contributed by atoms with Crippen LogP contribution in [0.4, 0.5) is 0 Å². The fourth-order valence-corrected chi connectivity index (χ4v) is 5.88. The van der Waals surface area contributed by atoms with Crippen LogP contribution in [-0.2, 0) is 16.1 Å². The van der Waals surface area contributed by atoms with E-state index in [1.54, 1.807) is 18.4 Å². The van der Waals surface area contributed by atoms with Crippen LogP contribution in [0.5, 0.6) is 0 Å². The zero-order valence-electron chi connectivity index (χ0n) is 16.5. The maximum absolute atomic E-state index is 13.4. The topological polar surface area (TPSA) is 51.5 Å². The molecule has 5 rings (SSSR count). The molecule has 4 heterocycles. The lowest BCUT2D eigenvalue weighted by Crippen LogP contribution is -2.49. The zero-order valence-corrected chi connectivity index (χ0v) is 17.3. The van der Waals surface area contributed by atoms with Crippen molar-refractivity contribution in [3.8, 4) is 10.4 Å². The van der Waals surface area contributed by atoms with Crippen molar-refractivity contribution in [2.75, 3.05) is 26.8 Å². The molecule has 1 amide bonds. The lowest BCUT2D eigenvalue weighted by Gasteiger charge is -2.43. The van der Waals surface area contributed by atoms with Crippen molar-refractivity contribution >= 4 is 27.3 Å². The fraction of sp³-hybridized carbons (Fsp3) is 0.391. The average Bonchev–Trinajstić information content (AvgIpc) is 3.16. The van der Waals surface area contributed by atoms with Gasteiger partial charge in [-0.1, -0.05) is 18.2 Å². The monoisotopic (exact) mass is 408 g/mol. The molecule has 5 nitrogen and oxygen atoms in total. The number of piperidine rings is 1. The van der Waals surface area contributed by atoms with Gasteiger partial charge in [0.15, 0.2) is 0 Å². The molecule has 2 aliphatic rings. The number of rotatable bonds is 4. The smallest absolute Gasteiger partial charge is 0.259 e. The van der Waals surface area contributed by atoms with Crippen molar-refractivity contribution in [3.05, 3.63) is 58.5 Å². The number of nitrogens with zero attached hydrogens (tertiary/aromatic N) is 2. The van der Waals surface area contributed by atoms with Gasteiger partial charge < -0.3 is 14.2 Å². The Morgan fingerprint density at radius 2 is 2.03 bits per heavy atom. The maximum atomic E-state index is 13.4. The number of aromatic nitrogens is 1. The fourth-order valence-electron chi connectivity index (χ4n) is 4.80. The summed E-state index contributed by atoms with van der Waals surface area (Å²) < 4.78 is 8.22. The van der Waals surface area contributed by atoms with Gasteiger partial charge in [-0.3, -0.25) is 9.59 Å². The third kappa shape index (κ3) is 3.30. The van der Waals surface area contributed by atoms with Gasteiger partial charge in [-0.2, -0.15) is 0 Å². The van der Waals surface area contributed by atoms with Gasteiger partial charge in [0.2, 0.25) is 5.91 Å². The highest BCUT2D eigenvalue weighted by Gasteiger charge is 2.36. The van der Waals surface area contributed by atoms with Crippen LogP contribution in [0.25, 0.3) is 20.5 Å². The summed E-state index contributed by atoms with van der Waals surface area (Å²) in [4.78, 5) is 28.8. The number of ether oxygens (including phenoxy) is 1. The molecule has 0 spiro atoms. The Morgan fingerprint density at radius 1 is 1.17 bits per heavy atom. The number of carbonyl (C=O) groups excluding carboxylic acids is 1. The molecule has 1 fully saturated rings. The second-order valence-electron chi connectivity index (χ2n) is 8.08. The molecule has 1 aromatic carbocycles. The van der Waals surface area contributed by atoms with Gasteiger partial charge in [0.1, 0.15) is 0 Å². The van der Waals surface area contributed by atoms with Crippen LogP contribution in [0, 0.1) is 5.92 Å². The Bertz CT molecular complexity index is 1100. The van der Waals surface area contributed by atoms with E-state index >= 15 is 0 Å². The third-order valence-corrected chi connectivity index (χ3v) is 7.32. The molecule has 0 unspecified atom stereocenters. The highest BCUT2D eigenvalue weighted by molar-refractivity contribution is 7.22. The number of benzene rings is 1. The Balaban J connectivity index is 1.47. The number of fused-ring (bicyclic) bond motifs is 5. The number of thiophene rings is 1. The van der Waals surface area contributed by atoms with Crippen LogP contribution in [-0.4, -0.2) is 42.2 Å². The predicted octanol–water partition coefficient (Wildman–Crippen LogP) is 3.71. The van der Waals surface area contributed by atoms with Gasteiger partial charge in [-0.05, 0) is 42.0 Å². The van der Waals surface area contributed by atoms with Crippen LogP contribution in [0.15, 0.2) is 47.3 Å². The van der Waals surface area contributed by atoms with E-state index < -0.39 is 0 Å². The van der Waals surface area contributed by atoms with Crippen molar-refractivity contribution in [1.82, 2.24) is 9.47 Å². The first-order valence-corrected chi connectivity index (χ1v) is 10.9. The molecule has 2 bridgehead atoms. The Morgan fingerprint density at radius 3 is 2.86 bits per heavy atom. The summed E-state index contributed by atoms with van der Waals surface area (Å²) in [7, 11) is 1.62. The third-order valence-electron chi connectivity index (χ3n) is 6.17. The summed E-state index contributed by atoms with van der Waals surface area (Å²) in [6.07, 6.45) is 1.48. The van der Waals surface area contributed by atoms with E-state index in [4.69, 9.17) is 4.74 Å². The van der Waals surface area contributed by atoms with Crippen molar-refractivity contribution in [2.45, 2.75) is 25.3 Å². The molecule has 0 saturated carbocycles. The molecule has 0 N–H and O–H groups in total. The van der Waals surface area contributed by atoms with E-state index in [2.05, 4.69) is 24.3 Å². The summed E-state index contributed by atoms with van der Waals surface area (Å²) in [5.41, 5.74) is 1.95. The average molecular weight is 409 g/mol. The van der Waals surface area contributed by atoms with Gasteiger partial charge in [0.25, 0.3) is 5.56 Å². The number of likely N-dealkylation sites (tertiary alicyclic amines) is 1. The second-order valence-corrected chi connectivity index (χ2v) is 9.16. The number of pyridine rings is 1. The van der Waals surface area contributed by atoms with E-state index in [0.717, 1.165) is 29.1 Å². The predicted molar refractivity (Wildman–Crippen MR) is 115 cm³/mol. The van der Waals surface area contributed by atoms with E-state index in [0.29, 0.717) is 32.0 Å². The molecule has 0 radical (unpaired) electrons. The van der Waals surface area contributed by atoms with Gasteiger partial charge in [0, 0.05) is 47.9 Å². The minimum Gasteiger partial charge on any atom is -0.384 e.